The van der Waals surface area contributed by atoms with Crippen molar-refractivity contribution in [3.8, 4) is 0 Å². The van der Waals surface area contributed by atoms with Crippen LogP contribution < -0.4 is 10.2 Å². The van der Waals surface area contributed by atoms with Crippen LogP contribution in [0.5, 0.6) is 0 Å². The summed E-state index contributed by atoms with van der Waals surface area (Å²) in [7, 11) is 2.16. The van der Waals surface area contributed by atoms with Crippen molar-refractivity contribution in [1.29, 1.82) is 0 Å². The molecule has 0 bridgehead atoms. The highest BCUT2D eigenvalue weighted by atomic mass is 32.2. The Bertz CT molecular complexity index is 854. The molecule has 0 atom stereocenters. The van der Waals surface area contributed by atoms with E-state index in [1.807, 2.05) is 26.2 Å². The van der Waals surface area contributed by atoms with E-state index in [4.69, 9.17) is 0 Å². The van der Waals surface area contributed by atoms with Gasteiger partial charge in [0, 0.05) is 55.4 Å². The number of hydrogen-bond acceptors (Lipinski definition) is 6. The van der Waals surface area contributed by atoms with E-state index in [1.54, 1.807) is 0 Å². The zero-order chi connectivity index (χ0) is 21.0. The van der Waals surface area contributed by atoms with Crippen molar-refractivity contribution in [3.63, 3.8) is 0 Å². The molecular weight excluding hydrogens is 382 g/mol. The Morgan fingerprint density at radius 3 is 2.34 bits per heavy atom. The number of nitrogens with zero attached hydrogens (tertiary/aromatic N) is 4. The number of nitrogens with one attached hydrogen (secondary N) is 1. The van der Waals surface area contributed by atoms with Crippen molar-refractivity contribution in [1.82, 2.24) is 14.9 Å². The van der Waals surface area contributed by atoms with Crippen molar-refractivity contribution >= 4 is 29.0 Å². The quantitative estimate of drug-likeness (QED) is 0.578. The Morgan fingerprint density at radius 1 is 1.10 bits per heavy atom. The fraction of sp³-hybridized carbons (Fsp3) is 0.500. The van der Waals surface area contributed by atoms with Crippen LogP contribution in [0, 0.1) is 20.8 Å². The summed E-state index contributed by atoms with van der Waals surface area (Å²) in [6.45, 7) is 10.3. The van der Waals surface area contributed by atoms with E-state index < -0.39 is 0 Å². The maximum absolute atomic E-state index is 12.5. The third-order valence-corrected chi connectivity index (χ3v) is 6.09. The van der Waals surface area contributed by atoms with Gasteiger partial charge in [-0.2, -0.15) is 0 Å². The Balaban J connectivity index is 1.60. The number of benzene rings is 1. The van der Waals surface area contributed by atoms with Crippen LogP contribution in [0.2, 0.25) is 0 Å². The lowest BCUT2D eigenvalue weighted by Crippen LogP contribution is -2.44. The average Bonchev–Trinajstić information content (AvgIpc) is 2.69. The molecule has 1 aliphatic rings. The Kier molecular flexibility index (Phi) is 7.14. The molecular formula is C22H31N5OS. The van der Waals surface area contributed by atoms with Crippen LogP contribution in [0.3, 0.4) is 0 Å². The number of hydrogen-bond donors (Lipinski definition) is 1. The van der Waals surface area contributed by atoms with E-state index >= 15 is 0 Å². The van der Waals surface area contributed by atoms with Gasteiger partial charge in [0.2, 0.25) is 5.91 Å². The molecule has 1 amide bonds. The van der Waals surface area contributed by atoms with Crippen molar-refractivity contribution in [2.75, 3.05) is 49.7 Å². The fourth-order valence-electron chi connectivity index (χ4n) is 3.66. The van der Waals surface area contributed by atoms with Gasteiger partial charge in [-0.05, 0) is 69.8 Å². The van der Waals surface area contributed by atoms with E-state index in [2.05, 4.69) is 51.2 Å². The van der Waals surface area contributed by atoms with Crippen LogP contribution in [0.25, 0.3) is 0 Å². The first kappa shape index (κ1) is 21.6. The summed E-state index contributed by atoms with van der Waals surface area (Å²) in [5, 5.41) is 3.85. The maximum atomic E-state index is 12.5. The summed E-state index contributed by atoms with van der Waals surface area (Å²) in [6, 6.07) is 6.30. The van der Waals surface area contributed by atoms with Crippen LogP contribution in [0.15, 0.2) is 23.4 Å². The van der Waals surface area contributed by atoms with Gasteiger partial charge < -0.3 is 15.1 Å². The lowest BCUT2D eigenvalue weighted by atomic mass is 10.1. The van der Waals surface area contributed by atoms with E-state index in [-0.39, 0.29) is 5.91 Å². The van der Waals surface area contributed by atoms with Gasteiger partial charge in [-0.15, -0.1) is 0 Å². The number of piperazine rings is 1. The van der Waals surface area contributed by atoms with Gasteiger partial charge >= 0.3 is 0 Å². The van der Waals surface area contributed by atoms with E-state index in [0.29, 0.717) is 12.8 Å². The molecule has 3 rings (SSSR count). The van der Waals surface area contributed by atoms with Crippen LogP contribution in [0.1, 0.15) is 28.9 Å². The summed E-state index contributed by atoms with van der Waals surface area (Å²) in [5.41, 5.74) is 6.20. The van der Waals surface area contributed by atoms with E-state index in [1.165, 1.54) is 17.4 Å². The summed E-state index contributed by atoms with van der Waals surface area (Å²) in [6.07, 6.45) is 3.04. The monoisotopic (exact) mass is 413 g/mol. The third kappa shape index (κ3) is 5.48. The zero-order valence-corrected chi connectivity index (χ0v) is 18.9. The number of rotatable bonds is 6. The van der Waals surface area contributed by atoms with Crippen molar-refractivity contribution in [2.24, 2.45) is 0 Å². The average molecular weight is 414 g/mol. The molecule has 0 saturated carbocycles. The van der Waals surface area contributed by atoms with E-state index in [0.717, 1.165) is 59.5 Å². The molecule has 1 saturated heterocycles. The largest absolute Gasteiger partial charge is 0.369 e. The van der Waals surface area contributed by atoms with Crippen LogP contribution in [0.4, 0.5) is 11.4 Å². The van der Waals surface area contributed by atoms with Gasteiger partial charge in [-0.1, -0.05) is 11.8 Å². The minimum Gasteiger partial charge on any atom is -0.369 e. The molecule has 0 unspecified atom stereocenters. The summed E-state index contributed by atoms with van der Waals surface area (Å²) >= 11 is 1.54. The van der Waals surface area contributed by atoms with Gasteiger partial charge in [0.25, 0.3) is 0 Å². The second-order valence-electron chi connectivity index (χ2n) is 7.70. The lowest BCUT2D eigenvalue weighted by Gasteiger charge is -2.34. The van der Waals surface area contributed by atoms with Crippen LogP contribution in [-0.4, -0.2) is 60.3 Å². The smallest absolute Gasteiger partial charge is 0.224 e. The number of carbonyl (C=O) groups excluding carboxylic acids is 1. The molecule has 1 N–H and O–H groups in total. The molecule has 2 aromatic rings. The molecule has 2 heterocycles. The second kappa shape index (κ2) is 9.59. The molecule has 1 fully saturated rings. The van der Waals surface area contributed by atoms with E-state index in [9.17, 15) is 4.79 Å². The lowest BCUT2D eigenvalue weighted by molar-refractivity contribution is -0.116. The second-order valence-corrected chi connectivity index (χ2v) is 8.47. The third-order valence-electron chi connectivity index (χ3n) is 5.54. The molecule has 1 aromatic carbocycles. The highest BCUT2D eigenvalue weighted by Crippen LogP contribution is 2.24. The number of aryl methyl sites for hydroxylation is 3. The first-order valence-electron chi connectivity index (χ1n) is 10.1. The Hall–Kier alpha value is -2.12. The SMILES string of the molecule is CSc1nc(C)c(CCC(=O)Nc2ccc(N3CCN(C)CC3)cc2C)c(C)n1. The molecule has 7 heteroatoms. The number of amides is 1. The van der Waals surface area contributed by atoms with Gasteiger partial charge in [-0.3, -0.25) is 4.79 Å². The molecule has 0 radical (unpaired) electrons. The fourth-order valence-corrected chi connectivity index (χ4v) is 4.12. The van der Waals surface area contributed by atoms with Gasteiger partial charge in [-0.25, -0.2) is 9.97 Å². The van der Waals surface area contributed by atoms with Crippen LogP contribution >= 0.6 is 11.8 Å². The normalized spacial score (nSPS) is 14.9. The Morgan fingerprint density at radius 2 is 1.76 bits per heavy atom. The minimum absolute atomic E-state index is 0.0215. The number of likely N-dealkylation sites (N-methyl/N-ethyl adjacent to an activating group) is 1. The highest BCUT2D eigenvalue weighted by molar-refractivity contribution is 7.98. The number of anilines is 2. The molecule has 6 nitrogen and oxygen atoms in total. The predicted molar refractivity (Wildman–Crippen MR) is 121 cm³/mol. The predicted octanol–water partition coefficient (Wildman–Crippen LogP) is 3.45. The summed E-state index contributed by atoms with van der Waals surface area (Å²) < 4.78 is 0. The van der Waals surface area contributed by atoms with Gasteiger partial charge in [0.1, 0.15) is 0 Å². The molecule has 156 valence electrons. The molecule has 0 spiro atoms. The highest BCUT2D eigenvalue weighted by Gasteiger charge is 2.16. The molecule has 0 aliphatic carbocycles. The maximum Gasteiger partial charge on any atom is 0.224 e. The van der Waals surface area contributed by atoms with Crippen molar-refractivity contribution in [3.05, 3.63) is 40.7 Å². The molecule has 1 aliphatic heterocycles. The van der Waals surface area contributed by atoms with Crippen molar-refractivity contribution < 1.29 is 4.79 Å². The number of aromatic nitrogens is 2. The topological polar surface area (TPSA) is 61.4 Å². The summed E-state index contributed by atoms with van der Waals surface area (Å²) in [4.78, 5) is 26.3. The Labute approximate surface area is 178 Å². The first-order valence-corrected chi connectivity index (χ1v) is 11.3. The summed E-state index contributed by atoms with van der Waals surface area (Å²) in [5.74, 6) is 0.0215. The van der Waals surface area contributed by atoms with Crippen molar-refractivity contribution in [2.45, 2.75) is 38.8 Å². The molecule has 1 aromatic heterocycles. The van der Waals surface area contributed by atoms with Gasteiger partial charge in [0.15, 0.2) is 5.16 Å². The minimum atomic E-state index is 0.0215. The van der Waals surface area contributed by atoms with Crippen LogP contribution in [-0.2, 0) is 11.2 Å². The van der Waals surface area contributed by atoms with Gasteiger partial charge in [0.05, 0.1) is 0 Å². The zero-order valence-electron chi connectivity index (χ0n) is 18.1. The number of thioether (sulfide) groups is 1. The molecule has 29 heavy (non-hydrogen) atoms. The standard InChI is InChI=1S/C22H31N5OS/c1-15-14-18(27-12-10-26(4)11-13-27)6-8-20(15)25-21(28)9-7-19-16(2)23-22(29-5)24-17(19)3/h6,8,14H,7,9-13H2,1-5H3,(H,25,28). The number of carbonyl (C=O) groups is 1. The first-order chi connectivity index (χ1) is 13.9.